The summed E-state index contributed by atoms with van der Waals surface area (Å²) >= 11 is 0. The molecule has 0 spiro atoms. The van der Waals surface area contributed by atoms with Crippen molar-refractivity contribution in [2.45, 2.75) is 0 Å². The fourth-order valence-electron chi connectivity index (χ4n) is 2.17. The van der Waals surface area contributed by atoms with E-state index in [0.717, 1.165) is 0 Å². The van der Waals surface area contributed by atoms with Gasteiger partial charge in [0.2, 0.25) is 5.90 Å². The van der Waals surface area contributed by atoms with Gasteiger partial charge in [0.15, 0.2) is 0 Å². The zero-order valence-electron chi connectivity index (χ0n) is 10.3. The monoisotopic (exact) mass is 265 g/mol. The summed E-state index contributed by atoms with van der Waals surface area (Å²) < 4.78 is 16.5. The maximum atomic E-state index is 11.7. The normalized spacial score (nSPS) is 15.1. The minimum atomic E-state index is -0.926. The van der Waals surface area contributed by atoms with E-state index < -0.39 is 7.32 Å². The summed E-state index contributed by atoms with van der Waals surface area (Å²) in [5.41, 5.74) is 1.18. The number of aliphatic imine (C=N–C) groups is 1. The molecule has 0 aliphatic carbocycles. The second-order valence-electron chi connectivity index (χ2n) is 4.36. The molecule has 6 heteroatoms. The van der Waals surface area contributed by atoms with Gasteiger partial charge in [-0.15, -0.1) is 0 Å². The van der Waals surface area contributed by atoms with Crippen LogP contribution in [0.15, 0.2) is 53.5 Å². The third-order valence-electron chi connectivity index (χ3n) is 3.09. The van der Waals surface area contributed by atoms with E-state index in [-0.39, 0.29) is 11.8 Å². The average molecular weight is 265 g/mol. The molecule has 2 aliphatic heterocycles. The van der Waals surface area contributed by atoms with Crippen LogP contribution in [-0.2, 0) is 4.65 Å². The molecule has 0 N–H and O–H groups in total. The smallest absolute Gasteiger partial charge is 0.486 e. The lowest BCUT2D eigenvalue weighted by molar-refractivity contribution is 0.101. The number of hydrogen-bond donors (Lipinski definition) is 0. The highest BCUT2D eigenvalue weighted by atomic mass is 16.8. The van der Waals surface area contributed by atoms with Crippen molar-refractivity contribution >= 4 is 19.1 Å². The van der Waals surface area contributed by atoms with E-state index in [0.29, 0.717) is 22.6 Å². The van der Waals surface area contributed by atoms with Gasteiger partial charge >= 0.3 is 7.32 Å². The van der Waals surface area contributed by atoms with Gasteiger partial charge in [-0.25, -0.2) is 0 Å². The van der Waals surface area contributed by atoms with Crippen LogP contribution < -0.4 is 9.31 Å². The topological polar surface area (TPSA) is 57.1 Å². The first-order chi connectivity index (χ1) is 9.81. The molecular weight excluding hydrogens is 257 g/mol. The van der Waals surface area contributed by atoms with Crippen molar-refractivity contribution in [3.05, 3.63) is 59.7 Å². The average Bonchev–Trinajstić information content (AvgIpc) is 3.01. The molecule has 0 saturated carbocycles. The Morgan fingerprint density at radius 3 is 2.20 bits per heavy atom. The van der Waals surface area contributed by atoms with Crippen LogP contribution in [0.5, 0.6) is 11.5 Å². The van der Waals surface area contributed by atoms with Gasteiger partial charge in [0.05, 0.1) is 5.56 Å². The van der Waals surface area contributed by atoms with E-state index in [9.17, 15) is 4.79 Å². The lowest BCUT2D eigenvalue weighted by Gasteiger charge is -2.07. The predicted molar refractivity (Wildman–Crippen MR) is 71.8 cm³/mol. The van der Waals surface area contributed by atoms with Crippen LogP contribution in [0.25, 0.3) is 0 Å². The number of amides is 1. The molecule has 2 aromatic carbocycles. The van der Waals surface area contributed by atoms with Crippen molar-refractivity contribution in [2.75, 3.05) is 0 Å². The zero-order valence-corrected chi connectivity index (χ0v) is 10.3. The molecule has 1 amide bonds. The van der Waals surface area contributed by atoms with E-state index >= 15 is 0 Å². The Morgan fingerprint density at radius 2 is 1.50 bits per heavy atom. The van der Waals surface area contributed by atoms with E-state index in [1.54, 1.807) is 30.3 Å². The Morgan fingerprint density at radius 1 is 0.900 bits per heavy atom. The van der Waals surface area contributed by atoms with Gasteiger partial charge in [0.1, 0.15) is 11.5 Å². The first-order valence-corrected chi connectivity index (χ1v) is 6.13. The summed E-state index contributed by atoms with van der Waals surface area (Å²) in [6.45, 7) is 0. The highest BCUT2D eigenvalue weighted by Crippen LogP contribution is 2.33. The lowest BCUT2D eigenvalue weighted by Crippen LogP contribution is -2.31. The van der Waals surface area contributed by atoms with E-state index in [1.165, 1.54) is 0 Å². The van der Waals surface area contributed by atoms with Crippen LogP contribution in [0.2, 0.25) is 0 Å². The summed E-state index contributed by atoms with van der Waals surface area (Å²) in [5, 5.41) is 0. The summed E-state index contributed by atoms with van der Waals surface area (Å²) in [6.07, 6.45) is 0. The van der Waals surface area contributed by atoms with Gasteiger partial charge in [0.25, 0.3) is 5.91 Å². The molecule has 0 radical (unpaired) electrons. The second kappa shape index (κ2) is 4.13. The van der Waals surface area contributed by atoms with Crippen LogP contribution in [0, 0.1) is 0 Å². The molecule has 2 aliphatic rings. The number of nitrogens with zero attached hydrogens (tertiary/aromatic N) is 1. The predicted octanol–water partition coefficient (Wildman–Crippen LogP) is 2.06. The SMILES string of the molecule is O=C1N=C(OB2Oc3ccccc3O2)c2ccccc21. The summed E-state index contributed by atoms with van der Waals surface area (Å²) in [4.78, 5) is 15.6. The maximum Gasteiger partial charge on any atom is 0.865 e. The van der Waals surface area contributed by atoms with E-state index in [1.807, 2.05) is 18.2 Å². The van der Waals surface area contributed by atoms with Crippen molar-refractivity contribution < 1.29 is 18.8 Å². The summed E-state index contributed by atoms with van der Waals surface area (Å²) in [6, 6.07) is 14.4. The highest BCUT2D eigenvalue weighted by Gasteiger charge is 2.40. The van der Waals surface area contributed by atoms with Crippen LogP contribution in [0.3, 0.4) is 0 Å². The Bertz CT molecular complexity index is 718. The fourth-order valence-corrected chi connectivity index (χ4v) is 2.17. The van der Waals surface area contributed by atoms with Crippen LogP contribution >= 0.6 is 0 Å². The Hall–Kier alpha value is -2.76. The molecule has 4 rings (SSSR count). The summed E-state index contributed by atoms with van der Waals surface area (Å²) in [5.74, 6) is 1.13. The highest BCUT2D eigenvalue weighted by molar-refractivity contribution is 6.44. The number of carbonyl (C=O) groups is 1. The van der Waals surface area contributed by atoms with Gasteiger partial charge in [-0.3, -0.25) is 4.79 Å². The number of hydrogen-bond acceptors (Lipinski definition) is 4. The van der Waals surface area contributed by atoms with Gasteiger partial charge in [-0.2, -0.15) is 4.99 Å². The Balaban J connectivity index is 1.58. The van der Waals surface area contributed by atoms with E-state index in [2.05, 4.69) is 4.99 Å². The first-order valence-electron chi connectivity index (χ1n) is 6.13. The number of fused-ring (bicyclic) bond motifs is 2. The molecule has 2 aromatic rings. The number of benzene rings is 2. The van der Waals surface area contributed by atoms with Crippen molar-refractivity contribution in [2.24, 2.45) is 4.99 Å². The molecule has 0 saturated heterocycles. The molecule has 5 nitrogen and oxygen atoms in total. The number of para-hydroxylation sites is 2. The van der Waals surface area contributed by atoms with Crippen molar-refractivity contribution in [3.8, 4) is 11.5 Å². The molecule has 2 heterocycles. The third-order valence-corrected chi connectivity index (χ3v) is 3.09. The Kier molecular flexibility index (Phi) is 2.29. The van der Waals surface area contributed by atoms with Gasteiger partial charge < -0.3 is 14.0 Å². The molecule has 0 atom stereocenters. The van der Waals surface area contributed by atoms with Crippen LogP contribution in [0.1, 0.15) is 15.9 Å². The summed E-state index contributed by atoms with van der Waals surface area (Å²) in [7, 11) is -0.926. The lowest BCUT2D eigenvalue weighted by atomic mass is 10.1. The first kappa shape index (κ1) is 11.1. The molecule has 0 unspecified atom stereocenters. The minimum Gasteiger partial charge on any atom is -0.486 e. The molecular formula is C14H8BNO4. The van der Waals surface area contributed by atoms with Crippen LogP contribution in [0.4, 0.5) is 0 Å². The molecule has 0 fully saturated rings. The Labute approximate surface area is 115 Å². The van der Waals surface area contributed by atoms with Crippen LogP contribution in [-0.4, -0.2) is 19.1 Å². The molecule has 0 bridgehead atoms. The fraction of sp³-hybridized carbons (Fsp3) is 0. The van der Waals surface area contributed by atoms with E-state index in [4.69, 9.17) is 14.0 Å². The van der Waals surface area contributed by atoms with Gasteiger partial charge in [-0.05, 0) is 24.3 Å². The van der Waals surface area contributed by atoms with Crippen molar-refractivity contribution in [1.29, 1.82) is 0 Å². The quantitative estimate of drug-likeness (QED) is 0.740. The standard InChI is InChI=1S/C14H8BNO4/c17-13-9-5-1-2-6-10(9)14(16-13)20-15-18-11-7-3-4-8-12(11)19-15/h1-8H. The largest absolute Gasteiger partial charge is 0.865 e. The maximum absolute atomic E-state index is 11.7. The zero-order chi connectivity index (χ0) is 13.5. The molecule has 20 heavy (non-hydrogen) atoms. The molecule has 0 aromatic heterocycles. The number of carbonyl (C=O) groups excluding carboxylic acids is 1. The van der Waals surface area contributed by atoms with Gasteiger partial charge in [-0.1, -0.05) is 24.3 Å². The van der Waals surface area contributed by atoms with Crippen molar-refractivity contribution in [1.82, 2.24) is 0 Å². The minimum absolute atomic E-state index is 0.225. The van der Waals surface area contributed by atoms with Crippen molar-refractivity contribution in [3.63, 3.8) is 0 Å². The third kappa shape index (κ3) is 1.65. The second-order valence-corrected chi connectivity index (χ2v) is 4.36. The molecule has 96 valence electrons. The van der Waals surface area contributed by atoms with Gasteiger partial charge in [0, 0.05) is 5.56 Å². The number of rotatable bonds is 1.